The molecular weight excluding hydrogens is 314 g/mol. The van der Waals surface area contributed by atoms with E-state index in [0.717, 1.165) is 29.5 Å². The molecule has 0 aliphatic carbocycles. The molecule has 24 heavy (non-hydrogen) atoms. The number of halogens is 2. The van der Waals surface area contributed by atoms with Gasteiger partial charge in [0.15, 0.2) is 0 Å². The maximum absolute atomic E-state index is 13.5. The molecule has 0 spiro atoms. The lowest BCUT2D eigenvalue weighted by Crippen LogP contribution is -2.30. The number of nitrogens with zero attached hydrogens (tertiary/aromatic N) is 1. The van der Waals surface area contributed by atoms with Crippen LogP contribution in [0.4, 0.5) is 14.5 Å². The van der Waals surface area contributed by atoms with E-state index in [1.54, 1.807) is 11.9 Å². The molecule has 0 saturated heterocycles. The SMILES string of the molecule is CCOc1ccc(CN(C)CC(=O)Nc2cc(F)ccc2F)cc1. The summed E-state index contributed by atoms with van der Waals surface area (Å²) in [5.41, 5.74) is 0.861. The quantitative estimate of drug-likeness (QED) is 0.843. The van der Waals surface area contributed by atoms with E-state index in [4.69, 9.17) is 4.74 Å². The van der Waals surface area contributed by atoms with Crippen LogP contribution >= 0.6 is 0 Å². The van der Waals surface area contributed by atoms with Gasteiger partial charge in [0, 0.05) is 12.6 Å². The van der Waals surface area contributed by atoms with Crippen molar-refractivity contribution < 1.29 is 18.3 Å². The molecule has 0 radical (unpaired) electrons. The summed E-state index contributed by atoms with van der Waals surface area (Å²) in [6, 6.07) is 10.5. The predicted octanol–water partition coefficient (Wildman–Crippen LogP) is 3.43. The molecule has 1 amide bonds. The maximum Gasteiger partial charge on any atom is 0.238 e. The van der Waals surface area contributed by atoms with Gasteiger partial charge in [0.2, 0.25) is 5.91 Å². The van der Waals surface area contributed by atoms with Gasteiger partial charge in [0.25, 0.3) is 0 Å². The van der Waals surface area contributed by atoms with Crippen molar-refractivity contribution in [1.82, 2.24) is 4.90 Å². The first-order valence-electron chi connectivity index (χ1n) is 7.63. The highest BCUT2D eigenvalue weighted by Gasteiger charge is 2.11. The van der Waals surface area contributed by atoms with Crippen molar-refractivity contribution in [2.75, 3.05) is 25.5 Å². The molecule has 2 aromatic carbocycles. The second kappa shape index (κ2) is 8.40. The number of rotatable bonds is 7. The van der Waals surface area contributed by atoms with Gasteiger partial charge in [0.05, 0.1) is 18.8 Å². The van der Waals surface area contributed by atoms with E-state index < -0.39 is 17.5 Å². The van der Waals surface area contributed by atoms with Crippen LogP contribution < -0.4 is 10.1 Å². The van der Waals surface area contributed by atoms with Crippen LogP contribution in [-0.4, -0.2) is 31.0 Å². The molecule has 0 aliphatic heterocycles. The average molecular weight is 334 g/mol. The normalized spacial score (nSPS) is 10.7. The zero-order chi connectivity index (χ0) is 17.5. The topological polar surface area (TPSA) is 41.6 Å². The van der Waals surface area contributed by atoms with Gasteiger partial charge >= 0.3 is 0 Å². The number of carbonyl (C=O) groups excluding carboxylic acids is 1. The van der Waals surface area contributed by atoms with Gasteiger partial charge in [-0.25, -0.2) is 8.78 Å². The monoisotopic (exact) mass is 334 g/mol. The maximum atomic E-state index is 13.5. The molecule has 2 rings (SSSR count). The van der Waals surface area contributed by atoms with Crippen LogP contribution in [0.5, 0.6) is 5.75 Å². The molecule has 2 aromatic rings. The molecule has 0 unspecified atom stereocenters. The molecule has 0 aliphatic rings. The smallest absolute Gasteiger partial charge is 0.238 e. The molecular formula is C18H20F2N2O2. The first-order valence-corrected chi connectivity index (χ1v) is 7.63. The van der Waals surface area contributed by atoms with Crippen molar-refractivity contribution >= 4 is 11.6 Å². The van der Waals surface area contributed by atoms with Gasteiger partial charge in [-0.3, -0.25) is 9.69 Å². The molecule has 4 nitrogen and oxygen atoms in total. The van der Waals surface area contributed by atoms with E-state index in [-0.39, 0.29) is 12.2 Å². The third kappa shape index (κ3) is 5.31. The number of ether oxygens (including phenoxy) is 1. The fourth-order valence-corrected chi connectivity index (χ4v) is 2.25. The summed E-state index contributed by atoms with van der Waals surface area (Å²) in [6.07, 6.45) is 0. The van der Waals surface area contributed by atoms with E-state index >= 15 is 0 Å². The Balaban J connectivity index is 1.88. The Morgan fingerprint density at radius 1 is 1.17 bits per heavy atom. The summed E-state index contributed by atoms with van der Waals surface area (Å²) in [7, 11) is 1.78. The van der Waals surface area contributed by atoms with Crippen molar-refractivity contribution in [1.29, 1.82) is 0 Å². The average Bonchev–Trinajstić information content (AvgIpc) is 2.53. The summed E-state index contributed by atoms with van der Waals surface area (Å²) in [6.45, 7) is 3.13. The number of carbonyl (C=O) groups is 1. The van der Waals surface area contributed by atoms with Gasteiger partial charge < -0.3 is 10.1 Å². The molecule has 0 fully saturated rings. The number of likely N-dealkylation sites (N-methyl/N-ethyl adjacent to an activating group) is 1. The van der Waals surface area contributed by atoms with E-state index in [0.29, 0.717) is 13.2 Å². The summed E-state index contributed by atoms with van der Waals surface area (Å²) < 4.78 is 32.0. The largest absolute Gasteiger partial charge is 0.494 e. The predicted molar refractivity (Wildman–Crippen MR) is 88.9 cm³/mol. The highest BCUT2D eigenvalue weighted by molar-refractivity contribution is 5.92. The van der Waals surface area contributed by atoms with Crippen LogP contribution in [0, 0.1) is 11.6 Å². The summed E-state index contributed by atoms with van der Waals surface area (Å²) in [4.78, 5) is 13.7. The van der Waals surface area contributed by atoms with Gasteiger partial charge in [0.1, 0.15) is 17.4 Å². The minimum Gasteiger partial charge on any atom is -0.494 e. The third-order valence-electron chi connectivity index (χ3n) is 3.30. The van der Waals surface area contributed by atoms with Crippen LogP contribution in [0.3, 0.4) is 0 Å². The Labute approximate surface area is 140 Å². The molecule has 0 bridgehead atoms. The van der Waals surface area contributed by atoms with Crippen molar-refractivity contribution in [2.24, 2.45) is 0 Å². The zero-order valence-electron chi connectivity index (χ0n) is 13.7. The second-order valence-electron chi connectivity index (χ2n) is 5.42. The number of hydrogen-bond acceptors (Lipinski definition) is 3. The Hall–Kier alpha value is -2.47. The van der Waals surface area contributed by atoms with Crippen molar-refractivity contribution in [3.05, 3.63) is 59.7 Å². The Bertz CT molecular complexity index is 690. The van der Waals surface area contributed by atoms with Crippen LogP contribution in [0.15, 0.2) is 42.5 Å². The lowest BCUT2D eigenvalue weighted by atomic mass is 10.2. The van der Waals surface area contributed by atoms with E-state index in [1.807, 2.05) is 31.2 Å². The third-order valence-corrected chi connectivity index (χ3v) is 3.30. The Kier molecular flexibility index (Phi) is 6.26. The molecule has 0 saturated carbocycles. The molecule has 0 heterocycles. The van der Waals surface area contributed by atoms with E-state index in [1.165, 1.54) is 0 Å². The molecule has 0 atom stereocenters. The van der Waals surface area contributed by atoms with Gasteiger partial charge in [-0.2, -0.15) is 0 Å². The van der Waals surface area contributed by atoms with Crippen LogP contribution in [0.2, 0.25) is 0 Å². The fraction of sp³-hybridized carbons (Fsp3) is 0.278. The number of amides is 1. The van der Waals surface area contributed by atoms with Crippen LogP contribution in [-0.2, 0) is 11.3 Å². The second-order valence-corrected chi connectivity index (χ2v) is 5.42. The van der Waals surface area contributed by atoms with Crippen LogP contribution in [0.25, 0.3) is 0 Å². The standard InChI is InChI=1S/C18H20F2N2O2/c1-3-24-15-7-4-13(5-8-15)11-22(2)12-18(23)21-17-10-14(19)6-9-16(17)20/h4-10H,3,11-12H2,1-2H3,(H,21,23). The van der Waals surface area contributed by atoms with E-state index in [2.05, 4.69) is 5.32 Å². The highest BCUT2D eigenvalue weighted by atomic mass is 19.1. The van der Waals surface area contributed by atoms with Crippen molar-refractivity contribution in [3.63, 3.8) is 0 Å². The molecule has 1 N–H and O–H groups in total. The van der Waals surface area contributed by atoms with Crippen LogP contribution in [0.1, 0.15) is 12.5 Å². The summed E-state index contributed by atoms with van der Waals surface area (Å²) >= 11 is 0. The number of benzene rings is 2. The first-order chi connectivity index (χ1) is 11.5. The lowest BCUT2D eigenvalue weighted by molar-refractivity contribution is -0.117. The number of anilines is 1. The molecule has 6 heteroatoms. The van der Waals surface area contributed by atoms with Gasteiger partial charge in [-0.1, -0.05) is 12.1 Å². The summed E-state index contributed by atoms with van der Waals surface area (Å²) in [5.74, 6) is -0.885. The van der Waals surface area contributed by atoms with Crippen molar-refractivity contribution in [3.8, 4) is 5.75 Å². The van der Waals surface area contributed by atoms with Crippen molar-refractivity contribution in [2.45, 2.75) is 13.5 Å². The Morgan fingerprint density at radius 2 is 1.88 bits per heavy atom. The first kappa shape index (κ1) is 17.9. The zero-order valence-corrected chi connectivity index (χ0v) is 13.7. The molecule has 128 valence electrons. The molecule has 0 aromatic heterocycles. The summed E-state index contributed by atoms with van der Waals surface area (Å²) in [5, 5.41) is 2.38. The van der Waals surface area contributed by atoms with E-state index in [9.17, 15) is 13.6 Å². The Morgan fingerprint density at radius 3 is 2.54 bits per heavy atom. The van der Waals surface area contributed by atoms with Gasteiger partial charge in [-0.15, -0.1) is 0 Å². The number of nitrogens with one attached hydrogen (secondary N) is 1. The minimum atomic E-state index is -0.668. The minimum absolute atomic E-state index is 0.0587. The number of hydrogen-bond donors (Lipinski definition) is 1. The highest BCUT2D eigenvalue weighted by Crippen LogP contribution is 2.16. The lowest BCUT2D eigenvalue weighted by Gasteiger charge is -2.17. The van der Waals surface area contributed by atoms with Gasteiger partial charge in [-0.05, 0) is 43.8 Å². The fourth-order valence-electron chi connectivity index (χ4n) is 2.25.